The monoisotopic (exact) mass is 392 g/mol. The van der Waals surface area contributed by atoms with E-state index in [1.54, 1.807) is 7.11 Å². The summed E-state index contributed by atoms with van der Waals surface area (Å²) in [6.45, 7) is 7.86. The molecule has 8 nitrogen and oxygen atoms in total. The van der Waals surface area contributed by atoms with Crippen LogP contribution in [0.2, 0.25) is 0 Å². The topological polar surface area (TPSA) is 83.1 Å². The van der Waals surface area contributed by atoms with Crippen molar-refractivity contribution in [3.63, 3.8) is 0 Å². The van der Waals surface area contributed by atoms with Gasteiger partial charge in [-0.2, -0.15) is 0 Å². The molecule has 0 spiro atoms. The van der Waals surface area contributed by atoms with Gasteiger partial charge in [-0.05, 0) is 24.6 Å². The maximum atomic E-state index is 12.1. The van der Waals surface area contributed by atoms with Crippen LogP contribution in [0.4, 0.5) is 0 Å². The summed E-state index contributed by atoms with van der Waals surface area (Å²) in [4.78, 5) is 28.1. The molecule has 0 aromatic heterocycles. The van der Waals surface area contributed by atoms with Gasteiger partial charge in [-0.1, -0.05) is 12.1 Å². The molecule has 2 amide bonds. The number of carbonyl (C=O) groups excluding carboxylic acids is 2. The minimum absolute atomic E-state index is 0.00130. The summed E-state index contributed by atoms with van der Waals surface area (Å²) >= 11 is 0. The Labute approximate surface area is 167 Å². The molecule has 2 rings (SSSR count). The second-order valence-electron chi connectivity index (χ2n) is 6.91. The molecule has 1 heterocycles. The number of hydrogen-bond acceptors (Lipinski definition) is 6. The Bertz CT molecular complexity index is 618. The second kappa shape index (κ2) is 12.3. The van der Waals surface area contributed by atoms with E-state index in [1.165, 1.54) is 0 Å². The van der Waals surface area contributed by atoms with Gasteiger partial charge >= 0.3 is 0 Å². The third kappa shape index (κ3) is 8.69. The highest BCUT2D eigenvalue weighted by Gasteiger charge is 2.20. The Kier molecular flexibility index (Phi) is 9.74. The number of nitrogens with zero attached hydrogens (tertiary/aromatic N) is 2. The molecule has 1 aromatic rings. The first-order valence-electron chi connectivity index (χ1n) is 9.73. The molecule has 8 heteroatoms. The van der Waals surface area contributed by atoms with E-state index in [0.717, 1.165) is 37.5 Å². The number of methoxy groups -OCH3 is 1. The fourth-order valence-electron chi connectivity index (χ4n) is 2.98. The maximum Gasteiger partial charge on any atom is 0.234 e. The number of piperazine rings is 1. The smallest absolute Gasteiger partial charge is 0.234 e. The second-order valence-corrected chi connectivity index (χ2v) is 6.91. The van der Waals surface area contributed by atoms with Gasteiger partial charge < -0.3 is 20.1 Å². The molecule has 1 aromatic carbocycles. The summed E-state index contributed by atoms with van der Waals surface area (Å²) in [6.07, 6.45) is 0. The van der Waals surface area contributed by atoms with Crippen LogP contribution >= 0.6 is 0 Å². The SMILES string of the molecule is COCCNC(=O)CN1CCN(CC(=O)NCCOc2cccc(C)c2)CC1. The molecule has 0 atom stereocenters. The van der Waals surface area contributed by atoms with Gasteiger partial charge in [0.05, 0.1) is 26.2 Å². The summed E-state index contributed by atoms with van der Waals surface area (Å²) in [5.41, 5.74) is 1.15. The summed E-state index contributed by atoms with van der Waals surface area (Å²) < 4.78 is 10.5. The Balaban J connectivity index is 1.54. The van der Waals surface area contributed by atoms with Crippen molar-refractivity contribution in [1.82, 2.24) is 20.4 Å². The van der Waals surface area contributed by atoms with E-state index >= 15 is 0 Å². The van der Waals surface area contributed by atoms with Gasteiger partial charge in [0.2, 0.25) is 11.8 Å². The third-order valence-corrected chi connectivity index (χ3v) is 4.51. The van der Waals surface area contributed by atoms with Crippen LogP contribution in [0.15, 0.2) is 24.3 Å². The first kappa shape index (κ1) is 22.1. The average Bonchev–Trinajstić information content (AvgIpc) is 2.67. The lowest BCUT2D eigenvalue weighted by molar-refractivity contribution is -0.125. The number of rotatable bonds is 11. The molecular formula is C20H32N4O4. The van der Waals surface area contributed by atoms with Crippen molar-refractivity contribution in [2.75, 3.05) is 72.7 Å². The molecule has 0 radical (unpaired) electrons. The van der Waals surface area contributed by atoms with E-state index in [-0.39, 0.29) is 11.8 Å². The minimum Gasteiger partial charge on any atom is -0.492 e. The fraction of sp³-hybridized carbons (Fsp3) is 0.600. The van der Waals surface area contributed by atoms with E-state index in [0.29, 0.717) is 39.4 Å². The van der Waals surface area contributed by atoms with E-state index in [2.05, 4.69) is 20.4 Å². The highest BCUT2D eigenvalue weighted by molar-refractivity contribution is 5.78. The maximum absolute atomic E-state index is 12.1. The Morgan fingerprint density at radius 1 is 0.964 bits per heavy atom. The van der Waals surface area contributed by atoms with E-state index < -0.39 is 0 Å². The van der Waals surface area contributed by atoms with E-state index in [1.807, 2.05) is 31.2 Å². The van der Waals surface area contributed by atoms with Crippen LogP contribution in [0.25, 0.3) is 0 Å². The zero-order valence-electron chi connectivity index (χ0n) is 16.9. The van der Waals surface area contributed by atoms with Gasteiger partial charge in [-0.15, -0.1) is 0 Å². The lowest BCUT2D eigenvalue weighted by Crippen LogP contribution is -2.51. The predicted octanol–water partition coefficient (Wildman–Crippen LogP) is -0.130. The summed E-state index contributed by atoms with van der Waals surface area (Å²) in [7, 11) is 1.61. The van der Waals surface area contributed by atoms with Gasteiger partial charge in [0, 0.05) is 39.8 Å². The number of carbonyl (C=O) groups is 2. The molecule has 1 fully saturated rings. The van der Waals surface area contributed by atoms with Crippen LogP contribution in [0.1, 0.15) is 5.56 Å². The summed E-state index contributed by atoms with van der Waals surface area (Å²) in [5, 5.41) is 5.71. The molecule has 156 valence electrons. The lowest BCUT2D eigenvalue weighted by Gasteiger charge is -2.33. The van der Waals surface area contributed by atoms with Gasteiger partial charge in [0.1, 0.15) is 12.4 Å². The Morgan fingerprint density at radius 3 is 2.07 bits per heavy atom. The highest BCUT2D eigenvalue weighted by atomic mass is 16.5. The first-order valence-corrected chi connectivity index (χ1v) is 9.73. The number of aryl methyl sites for hydroxylation is 1. The zero-order valence-corrected chi connectivity index (χ0v) is 16.9. The van der Waals surface area contributed by atoms with Gasteiger partial charge in [-0.3, -0.25) is 19.4 Å². The molecule has 1 aliphatic heterocycles. The molecular weight excluding hydrogens is 360 g/mol. The van der Waals surface area contributed by atoms with Gasteiger partial charge in [0.25, 0.3) is 0 Å². The molecule has 0 bridgehead atoms. The quantitative estimate of drug-likeness (QED) is 0.511. The largest absolute Gasteiger partial charge is 0.492 e. The molecule has 28 heavy (non-hydrogen) atoms. The van der Waals surface area contributed by atoms with E-state index in [4.69, 9.17) is 9.47 Å². The Hall–Kier alpha value is -2.16. The molecule has 1 saturated heterocycles. The van der Waals surface area contributed by atoms with Gasteiger partial charge in [-0.25, -0.2) is 0 Å². The van der Waals surface area contributed by atoms with Crippen molar-refractivity contribution in [1.29, 1.82) is 0 Å². The summed E-state index contributed by atoms with van der Waals surface area (Å²) in [6, 6.07) is 7.85. The highest BCUT2D eigenvalue weighted by Crippen LogP contribution is 2.11. The first-order chi connectivity index (χ1) is 13.6. The standard InChI is InChI=1S/C20H32N4O4/c1-17-4-3-5-18(14-17)28-13-7-22-20(26)16-24-10-8-23(9-11-24)15-19(25)21-6-12-27-2/h3-5,14H,6-13,15-16H2,1-2H3,(H,21,25)(H,22,26). The van der Waals surface area contributed by atoms with Crippen LogP contribution in [0.3, 0.4) is 0 Å². The lowest BCUT2D eigenvalue weighted by atomic mass is 10.2. The van der Waals surface area contributed by atoms with Crippen molar-refractivity contribution in [2.24, 2.45) is 0 Å². The van der Waals surface area contributed by atoms with E-state index in [9.17, 15) is 9.59 Å². The predicted molar refractivity (Wildman–Crippen MR) is 107 cm³/mol. The van der Waals surface area contributed by atoms with Crippen molar-refractivity contribution < 1.29 is 19.1 Å². The number of benzene rings is 1. The molecule has 2 N–H and O–H groups in total. The molecule has 0 aliphatic carbocycles. The van der Waals surface area contributed by atoms with Crippen molar-refractivity contribution in [3.05, 3.63) is 29.8 Å². The molecule has 1 aliphatic rings. The molecule has 0 saturated carbocycles. The number of ether oxygens (including phenoxy) is 2. The number of nitrogens with one attached hydrogen (secondary N) is 2. The van der Waals surface area contributed by atoms with Gasteiger partial charge in [0.15, 0.2) is 0 Å². The fourth-order valence-corrected chi connectivity index (χ4v) is 2.98. The Morgan fingerprint density at radius 2 is 1.54 bits per heavy atom. The third-order valence-electron chi connectivity index (χ3n) is 4.51. The normalized spacial score (nSPS) is 15.2. The molecule has 0 unspecified atom stereocenters. The summed E-state index contributed by atoms with van der Waals surface area (Å²) in [5.74, 6) is 0.826. The van der Waals surface area contributed by atoms with Crippen molar-refractivity contribution in [2.45, 2.75) is 6.92 Å². The van der Waals surface area contributed by atoms with Crippen LogP contribution in [0, 0.1) is 6.92 Å². The van der Waals surface area contributed by atoms with Crippen molar-refractivity contribution in [3.8, 4) is 5.75 Å². The number of hydrogen-bond donors (Lipinski definition) is 2. The van der Waals surface area contributed by atoms with Crippen LogP contribution in [0.5, 0.6) is 5.75 Å². The number of amides is 2. The van der Waals surface area contributed by atoms with Crippen LogP contribution in [-0.2, 0) is 14.3 Å². The van der Waals surface area contributed by atoms with Crippen LogP contribution < -0.4 is 15.4 Å². The van der Waals surface area contributed by atoms with Crippen LogP contribution in [-0.4, -0.2) is 94.3 Å². The average molecular weight is 393 g/mol. The zero-order chi connectivity index (χ0) is 20.2. The van der Waals surface area contributed by atoms with Crippen molar-refractivity contribution >= 4 is 11.8 Å². The minimum atomic E-state index is -0.00130.